The number of rotatable bonds is 6. The predicted octanol–water partition coefficient (Wildman–Crippen LogP) is 4.25. The molecule has 3 aromatic carbocycles. The summed E-state index contributed by atoms with van der Waals surface area (Å²) in [7, 11) is 3.49. The van der Waals surface area contributed by atoms with Gasteiger partial charge in [-0.2, -0.15) is 0 Å². The second kappa shape index (κ2) is 9.83. The molecular formula is C28H28N4O4. The van der Waals surface area contributed by atoms with E-state index in [2.05, 4.69) is 16.7 Å². The van der Waals surface area contributed by atoms with E-state index < -0.39 is 0 Å². The highest BCUT2D eigenvalue weighted by Crippen LogP contribution is 2.34. The highest BCUT2D eigenvalue weighted by molar-refractivity contribution is 6.05. The second-order valence-electron chi connectivity index (χ2n) is 8.79. The Morgan fingerprint density at radius 2 is 1.92 bits per heavy atom. The minimum Gasteiger partial charge on any atom is -0.496 e. The highest BCUT2D eigenvalue weighted by Gasteiger charge is 2.23. The number of ether oxygens (including phenoxy) is 2. The summed E-state index contributed by atoms with van der Waals surface area (Å²) in [5.41, 5.74) is 5.38. The Morgan fingerprint density at radius 3 is 2.72 bits per heavy atom. The van der Waals surface area contributed by atoms with E-state index in [1.54, 1.807) is 19.2 Å². The van der Waals surface area contributed by atoms with Crippen LogP contribution in [0, 0.1) is 0 Å². The predicted molar refractivity (Wildman–Crippen MR) is 138 cm³/mol. The van der Waals surface area contributed by atoms with E-state index in [9.17, 15) is 9.59 Å². The summed E-state index contributed by atoms with van der Waals surface area (Å²) >= 11 is 0. The third-order valence-corrected chi connectivity index (χ3v) is 6.43. The van der Waals surface area contributed by atoms with Crippen molar-refractivity contribution < 1.29 is 19.1 Å². The van der Waals surface area contributed by atoms with Gasteiger partial charge in [-0.25, -0.2) is 4.98 Å². The van der Waals surface area contributed by atoms with Crippen LogP contribution >= 0.6 is 0 Å². The standard InChI is InChI=1S/C28H28N4O4/c1-17(33)30-22-14-19(28(34)29-16-25-20-9-5-4-8-18(20)12-13-36-25)15-23-26(22)32(2)27(31-23)21-10-6-7-11-24(21)35-3/h4-11,14-15,25H,12-13,16H2,1-3H3,(H,29,34)(H,30,33). The van der Waals surface area contributed by atoms with Crippen LogP contribution in [0.2, 0.25) is 0 Å². The minimum atomic E-state index is -0.264. The number of hydrogen-bond acceptors (Lipinski definition) is 5. The first-order valence-electron chi connectivity index (χ1n) is 11.9. The molecule has 0 aliphatic carbocycles. The van der Waals surface area contributed by atoms with Crippen molar-refractivity contribution in [1.82, 2.24) is 14.9 Å². The van der Waals surface area contributed by atoms with Crippen molar-refractivity contribution in [2.24, 2.45) is 7.05 Å². The average molecular weight is 485 g/mol. The summed E-state index contributed by atoms with van der Waals surface area (Å²) in [6, 6.07) is 19.2. The topological polar surface area (TPSA) is 94.5 Å². The van der Waals surface area contributed by atoms with Gasteiger partial charge in [0.2, 0.25) is 5.91 Å². The number of amides is 2. The van der Waals surface area contributed by atoms with Crippen LogP contribution in [0.5, 0.6) is 5.75 Å². The number of para-hydroxylation sites is 1. The number of imidazole rings is 1. The molecule has 184 valence electrons. The van der Waals surface area contributed by atoms with Crippen molar-refractivity contribution >= 4 is 28.5 Å². The van der Waals surface area contributed by atoms with Crippen molar-refractivity contribution in [1.29, 1.82) is 0 Å². The molecule has 4 aromatic rings. The quantitative estimate of drug-likeness (QED) is 0.427. The molecule has 0 saturated heterocycles. The van der Waals surface area contributed by atoms with Gasteiger partial charge in [-0.3, -0.25) is 9.59 Å². The largest absolute Gasteiger partial charge is 0.496 e. The van der Waals surface area contributed by atoms with Gasteiger partial charge in [0.25, 0.3) is 5.91 Å². The van der Waals surface area contributed by atoms with E-state index in [1.165, 1.54) is 12.5 Å². The number of fused-ring (bicyclic) bond motifs is 2. The zero-order valence-corrected chi connectivity index (χ0v) is 20.5. The van der Waals surface area contributed by atoms with E-state index in [0.717, 1.165) is 17.5 Å². The number of nitrogens with one attached hydrogen (secondary N) is 2. The third kappa shape index (κ3) is 4.43. The molecule has 2 amide bonds. The molecule has 36 heavy (non-hydrogen) atoms. The molecule has 1 unspecified atom stereocenters. The van der Waals surface area contributed by atoms with Crippen LogP contribution in [0.25, 0.3) is 22.4 Å². The maximum absolute atomic E-state index is 13.2. The summed E-state index contributed by atoms with van der Waals surface area (Å²) in [6.07, 6.45) is 0.662. The van der Waals surface area contributed by atoms with Gasteiger partial charge < -0.3 is 24.7 Å². The molecule has 8 heteroatoms. The Balaban J connectivity index is 1.49. The number of nitrogens with zero attached hydrogens (tertiary/aromatic N) is 2. The van der Waals surface area contributed by atoms with E-state index >= 15 is 0 Å². The Labute approximate surface area is 209 Å². The molecule has 2 heterocycles. The summed E-state index contributed by atoms with van der Waals surface area (Å²) in [4.78, 5) is 30.0. The monoisotopic (exact) mass is 484 g/mol. The molecule has 0 fully saturated rings. The first-order chi connectivity index (χ1) is 17.5. The lowest BCUT2D eigenvalue weighted by Crippen LogP contribution is -2.32. The Hall–Kier alpha value is -4.17. The van der Waals surface area contributed by atoms with Crippen LogP contribution in [0.3, 0.4) is 0 Å². The molecule has 0 radical (unpaired) electrons. The number of benzene rings is 3. The van der Waals surface area contributed by atoms with Crippen molar-refractivity contribution in [3.63, 3.8) is 0 Å². The fourth-order valence-electron chi connectivity index (χ4n) is 4.77. The SMILES string of the molecule is COc1ccccc1-c1nc2cc(C(=O)NCC3OCCc4ccccc43)cc(NC(C)=O)c2n1C. The number of carbonyl (C=O) groups is 2. The van der Waals surface area contributed by atoms with Crippen molar-refractivity contribution in [3.05, 3.63) is 77.4 Å². The molecule has 0 saturated carbocycles. The van der Waals surface area contributed by atoms with Gasteiger partial charge in [-0.15, -0.1) is 0 Å². The van der Waals surface area contributed by atoms with E-state index in [4.69, 9.17) is 14.5 Å². The van der Waals surface area contributed by atoms with Crippen LogP contribution in [0.15, 0.2) is 60.7 Å². The molecule has 1 aromatic heterocycles. The van der Waals surface area contributed by atoms with Crippen molar-refractivity contribution in [3.8, 4) is 17.1 Å². The smallest absolute Gasteiger partial charge is 0.251 e. The fourth-order valence-corrected chi connectivity index (χ4v) is 4.77. The summed E-state index contributed by atoms with van der Waals surface area (Å²) < 4.78 is 13.3. The zero-order chi connectivity index (χ0) is 25.2. The van der Waals surface area contributed by atoms with Crippen molar-refractivity contribution in [2.45, 2.75) is 19.4 Å². The third-order valence-electron chi connectivity index (χ3n) is 6.43. The Bertz CT molecular complexity index is 1460. The Kier molecular flexibility index (Phi) is 6.43. The number of methoxy groups -OCH3 is 1. The van der Waals surface area contributed by atoms with Gasteiger partial charge in [0.15, 0.2) is 0 Å². The van der Waals surface area contributed by atoms with Gasteiger partial charge in [0.1, 0.15) is 17.7 Å². The lowest BCUT2D eigenvalue weighted by molar-refractivity contribution is -0.114. The second-order valence-corrected chi connectivity index (χ2v) is 8.79. The Morgan fingerprint density at radius 1 is 1.14 bits per heavy atom. The number of carbonyl (C=O) groups excluding carboxylic acids is 2. The zero-order valence-electron chi connectivity index (χ0n) is 20.5. The summed E-state index contributed by atoms with van der Waals surface area (Å²) in [5.74, 6) is 0.849. The number of aromatic nitrogens is 2. The van der Waals surface area contributed by atoms with Gasteiger partial charge in [-0.05, 0) is 41.8 Å². The molecule has 0 bridgehead atoms. The van der Waals surface area contributed by atoms with Crippen molar-refractivity contribution in [2.75, 3.05) is 25.6 Å². The molecule has 5 rings (SSSR count). The summed E-state index contributed by atoms with van der Waals surface area (Å²) in [6.45, 7) is 2.40. The molecule has 1 aliphatic heterocycles. The van der Waals surface area contributed by atoms with Gasteiger partial charge in [0.05, 0.1) is 36.0 Å². The van der Waals surface area contributed by atoms with Crippen LogP contribution in [0.4, 0.5) is 5.69 Å². The van der Waals surface area contributed by atoms with Crippen LogP contribution < -0.4 is 15.4 Å². The maximum atomic E-state index is 13.2. The highest BCUT2D eigenvalue weighted by atomic mass is 16.5. The van der Waals surface area contributed by atoms with Gasteiger partial charge >= 0.3 is 0 Å². The first-order valence-corrected chi connectivity index (χ1v) is 11.9. The van der Waals surface area contributed by atoms with E-state index in [1.807, 2.05) is 54.1 Å². The van der Waals surface area contributed by atoms with E-state index in [-0.39, 0.29) is 17.9 Å². The number of anilines is 1. The maximum Gasteiger partial charge on any atom is 0.251 e. The average Bonchev–Trinajstić information content (AvgIpc) is 3.23. The first kappa shape index (κ1) is 23.6. The lowest BCUT2D eigenvalue weighted by Gasteiger charge is -2.26. The molecule has 8 nitrogen and oxygen atoms in total. The fraction of sp³-hybridized carbons (Fsp3) is 0.250. The normalized spacial score (nSPS) is 14.8. The molecular weight excluding hydrogens is 456 g/mol. The minimum absolute atomic E-state index is 0.204. The van der Waals surface area contributed by atoms with Gasteiger partial charge in [0, 0.05) is 26.1 Å². The number of hydrogen-bond donors (Lipinski definition) is 2. The van der Waals surface area contributed by atoms with E-state index in [0.29, 0.717) is 47.0 Å². The summed E-state index contributed by atoms with van der Waals surface area (Å²) in [5, 5.41) is 5.86. The molecule has 2 N–H and O–H groups in total. The van der Waals surface area contributed by atoms with Crippen LogP contribution in [-0.4, -0.2) is 41.6 Å². The number of aryl methyl sites for hydroxylation is 1. The molecule has 0 spiro atoms. The van der Waals surface area contributed by atoms with Gasteiger partial charge in [-0.1, -0.05) is 36.4 Å². The van der Waals surface area contributed by atoms with Crippen LogP contribution in [-0.2, 0) is 23.0 Å². The lowest BCUT2D eigenvalue weighted by atomic mass is 9.97. The molecule has 1 aliphatic rings. The molecule has 1 atom stereocenters. The van der Waals surface area contributed by atoms with Crippen LogP contribution in [0.1, 0.15) is 34.5 Å².